The van der Waals surface area contributed by atoms with Gasteiger partial charge in [-0.2, -0.15) is 0 Å². The average Bonchev–Trinajstić information content (AvgIpc) is 2.59. The number of aromatic nitrogens is 1. The van der Waals surface area contributed by atoms with Crippen LogP contribution in [0.5, 0.6) is 0 Å². The summed E-state index contributed by atoms with van der Waals surface area (Å²) in [6.07, 6.45) is -0.632. The summed E-state index contributed by atoms with van der Waals surface area (Å²) in [5.74, 6) is 0. The molecule has 1 aromatic carbocycles. The van der Waals surface area contributed by atoms with Gasteiger partial charge in [-0.15, -0.1) is 11.3 Å². The first-order valence-electron chi connectivity index (χ1n) is 4.46. The van der Waals surface area contributed by atoms with E-state index in [4.69, 9.17) is 5.73 Å². The standard InChI is InChI=1S/C10H12N2OS/c1-6-2-3-9-7(4-6)12-10(14-9)8(13)5-11/h2-4,8,13H,5,11H2,1H3. The Morgan fingerprint density at radius 1 is 1.57 bits per heavy atom. The molecular formula is C10H12N2OS. The molecule has 2 rings (SSSR count). The molecule has 0 saturated carbocycles. The van der Waals surface area contributed by atoms with Crippen molar-refractivity contribution >= 4 is 21.6 Å². The van der Waals surface area contributed by atoms with Crippen LogP contribution in [0.3, 0.4) is 0 Å². The van der Waals surface area contributed by atoms with Gasteiger partial charge in [-0.25, -0.2) is 4.98 Å². The minimum absolute atomic E-state index is 0.221. The topological polar surface area (TPSA) is 59.1 Å². The van der Waals surface area contributed by atoms with E-state index in [1.165, 1.54) is 16.9 Å². The molecule has 3 nitrogen and oxygen atoms in total. The van der Waals surface area contributed by atoms with E-state index in [-0.39, 0.29) is 6.54 Å². The first kappa shape index (κ1) is 9.58. The van der Waals surface area contributed by atoms with Crippen LogP contribution in [0.2, 0.25) is 0 Å². The quantitative estimate of drug-likeness (QED) is 0.788. The summed E-state index contributed by atoms with van der Waals surface area (Å²) in [5.41, 5.74) is 7.49. The van der Waals surface area contributed by atoms with Crippen molar-refractivity contribution in [1.29, 1.82) is 0 Å². The minimum atomic E-state index is -0.632. The van der Waals surface area contributed by atoms with Crippen LogP contribution in [0.25, 0.3) is 10.2 Å². The van der Waals surface area contributed by atoms with Crippen molar-refractivity contribution in [2.75, 3.05) is 6.54 Å². The summed E-state index contributed by atoms with van der Waals surface area (Å²) < 4.78 is 1.10. The fraction of sp³-hybridized carbons (Fsp3) is 0.300. The summed E-state index contributed by atoms with van der Waals surface area (Å²) in [5, 5.41) is 10.2. The highest BCUT2D eigenvalue weighted by molar-refractivity contribution is 7.18. The predicted octanol–water partition coefficient (Wildman–Crippen LogP) is 1.60. The number of nitrogens with two attached hydrogens (primary N) is 1. The van der Waals surface area contributed by atoms with Crippen molar-refractivity contribution in [1.82, 2.24) is 4.98 Å². The third-order valence-electron chi connectivity index (χ3n) is 2.07. The molecule has 1 aromatic heterocycles. The lowest BCUT2D eigenvalue weighted by atomic mass is 10.2. The normalized spacial score (nSPS) is 13.4. The van der Waals surface area contributed by atoms with E-state index < -0.39 is 6.10 Å². The van der Waals surface area contributed by atoms with E-state index in [0.717, 1.165) is 10.2 Å². The van der Waals surface area contributed by atoms with Gasteiger partial charge in [0.2, 0.25) is 0 Å². The zero-order chi connectivity index (χ0) is 10.1. The Morgan fingerprint density at radius 3 is 3.07 bits per heavy atom. The molecule has 3 N–H and O–H groups in total. The van der Waals surface area contributed by atoms with Crippen molar-refractivity contribution in [2.45, 2.75) is 13.0 Å². The zero-order valence-corrected chi connectivity index (χ0v) is 8.71. The highest BCUT2D eigenvalue weighted by Gasteiger charge is 2.10. The van der Waals surface area contributed by atoms with E-state index in [1.54, 1.807) is 0 Å². The van der Waals surface area contributed by atoms with Crippen LogP contribution in [0, 0.1) is 6.92 Å². The Balaban J connectivity index is 2.51. The van der Waals surface area contributed by atoms with Crippen LogP contribution in [-0.2, 0) is 0 Å². The van der Waals surface area contributed by atoms with Gasteiger partial charge in [-0.3, -0.25) is 0 Å². The second-order valence-corrected chi connectivity index (χ2v) is 4.34. The number of aryl methyl sites for hydroxylation is 1. The number of thiazole rings is 1. The first-order chi connectivity index (χ1) is 6.70. The Labute approximate surface area is 86.2 Å². The molecule has 0 amide bonds. The second-order valence-electron chi connectivity index (χ2n) is 3.27. The van der Waals surface area contributed by atoms with Crippen molar-refractivity contribution in [3.8, 4) is 0 Å². The van der Waals surface area contributed by atoms with Gasteiger partial charge in [-0.05, 0) is 24.6 Å². The van der Waals surface area contributed by atoms with Gasteiger partial charge < -0.3 is 10.8 Å². The fourth-order valence-corrected chi connectivity index (χ4v) is 2.25. The molecule has 0 aliphatic heterocycles. The number of fused-ring (bicyclic) bond motifs is 1. The SMILES string of the molecule is Cc1ccc2sc(C(O)CN)nc2c1. The van der Waals surface area contributed by atoms with E-state index in [0.29, 0.717) is 5.01 Å². The van der Waals surface area contributed by atoms with Gasteiger partial charge in [-0.1, -0.05) is 6.07 Å². The maximum Gasteiger partial charge on any atom is 0.124 e. The van der Waals surface area contributed by atoms with E-state index in [2.05, 4.69) is 4.98 Å². The molecule has 1 unspecified atom stereocenters. The van der Waals surface area contributed by atoms with Crippen molar-refractivity contribution in [2.24, 2.45) is 5.73 Å². The Hall–Kier alpha value is -0.970. The molecule has 74 valence electrons. The summed E-state index contributed by atoms with van der Waals surface area (Å²) in [4.78, 5) is 4.33. The van der Waals surface area contributed by atoms with E-state index in [1.807, 2.05) is 25.1 Å². The van der Waals surface area contributed by atoms with Gasteiger partial charge in [0, 0.05) is 6.54 Å². The molecule has 4 heteroatoms. The van der Waals surface area contributed by atoms with Crippen LogP contribution in [0.15, 0.2) is 18.2 Å². The number of hydrogen-bond acceptors (Lipinski definition) is 4. The minimum Gasteiger partial charge on any atom is -0.385 e. The molecule has 0 bridgehead atoms. The van der Waals surface area contributed by atoms with Crippen LogP contribution in [0.1, 0.15) is 16.7 Å². The highest BCUT2D eigenvalue weighted by Crippen LogP contribution is 2.26. The first-order valence-corrected chi connectivity index (χ1v) is 5.27. The van der Waals surface area contributed by atoms with Crippen molar-refractivity contribution in [3.63, 3.8) is 0 Å². The maximum absolute atomic E-state index is 9.52. The number of aliphatic hydroxyl groups excluding tert-OH is 1. The number of benzene rings is 1. The Kier molecular flexibility index (Phi) is 2.50. The van der Waals surface area contributed by atoms with Crippen molar-refractivity contribution < 1.29 is 5.11 Å². The molecular weight excluding hydrogens is 196 g/mol. The van der Waals surface area contributed by atoms with Crippen LogP contribution in [-0.4, -0.2) is 16.6 Å². The van der Waals surface area contributed by atoms with E-state index >= 15 is 0 Å². The van der Waals surface area contributed by atoms with Gasteiger partial charge in [0.15, 0.2) is 0 Å². The summed E-state index contributed by atoms with van der Waals surface area (Å²) in [6, 6.07) is 6.08. The summed E-state index contributed by atoms with van der Waals surface area (Å²) >= 11 is 1.50. The fourth-order valence-electron chi connectivity index (χ4n) is 1.30. The lowest BCUT2D eigenvalue weighted by Gasteiger charge is -2.00. The molecule has 0 saturated heterocycles. The van der Waals surface area contributed by atoms with E-state index in [9.17, 15) is 5.11 Å². The van der Waals surface area contributed by atoms with Crippen LogP contribution >= 0.6 is 11.3 Å². The predicted molar refractivity (Wildman–Crippen MR) is 58.4 cm³/mol. The number of rotatable bonds is 2. The molecule has 0 spiro atoms. The summed E-state index contributed by atoms with van der Waals surface area (Å²) in [7, 11) is 0. The number of hydrogen-bond donors (Lipinski definition) is 2. The maximum atomic E-state index is 9.52. The number of nitrogens with zero attached hydrogens (tertiary/aromatic N) is 1. The molecule has 0 aliphatic rings. The lowest BCUT2D eigenvalue weighted by molar-refractivity contribution is 0.186. The van der Waals surface area contributed by atoms with Gasteiger partial charge in [0.1, 0.15) is 11.1 Å². The molecule has 14 heavy (non-hydrogen) atoms. The Morgan fingerprint density at radius 2 is 2.36 bits per heavy atom. The van der Waals surface area contributed by atoms with Crippen LogP contribution < -0.4 is 5.73 Å². The number of aliphatic hydroxyl groups is 1. The lowest BCUT2D eigenvalue weighted by Crippen LogP contribution is -2.10. The monoisotopic (exact) mass is 208 g/mol. The Bertz CT molecular complexity index is 452. The third-order valence-corrected chi connectivity index (χ3v) is 3.21. The van der Waals surface area contributed by atoms with Gasteiger partial charge in [0.05, 0.1) is 10.2 Å². The van der Waals surface area contributed by atoms with Gasteiger partial charge >= 0.3 is 0 Å². The third kappa shape index (κ3) is 1.64. The molecule has 1 atom stereocenters. The molecule has 0 radical (unpaired) electrons. The van der Waals surface area contributed by atoms with Crippen molar-refractivity contribution in [3.05, 3.63) is 28.8 Å². The molecule has 0 aliphatic carbocycles. The van der Waals surface area contributed by atoms with Gasteiger partial charge in [0.25, 0.3) is 0 Å². The van der Waals surface area contributed by atoms with Crippen LogP contribution in [0.4, 0.5) is 0 Å². The largest absolute Gasteiger partial charge is 0.385 e. The summed E-state index contributed by atoms with van der Waals surface area (Å²) in [6.45, 7) is 2.25. The second kappa shape index (κ2) is 3.65. The molecule has 2 aromatic rings. The smallest absolute Gasteiger partial charge is 0.124 e. The molecule has 1 heterocycles. The average molecular weight is 208 g/mol. The highest BCUT2D eigenvalue weighted by atomic mass is 32.1. The molecule has 0 fully saturated rings. The zero-order valence-electron chi connectivity index (χ0n) is 7.90.